The molecule has 4 unspecified atom stereocenters. The van der Waals surface area contributed by atoms with Crippen molar-refractivity contribution < 1.29 is 24.2 Å². The van der Waals surface area contributed by atoms with Crippen LogP contribution in [0.3, 0.4) is 0 Å². The quantitative estimate of drug-likeness (QED) is 0.712. The lowest BCUT2D eigenvalue weighted by Crippen LogP contribution is -2.28. The van der Waals surface area contributed by atoms with Crippen molar-refractivity contribution in [1.29, 1.82) is 0 Å². The number of hydrogen-bond donors (Lipinski definition) is 2. The Labute approximate surface area is 176 Å². The first-order chi connectivity index (χ1) is 14.4. The zero-order valence-electron chi connectivity index (χ0n) is 17.3. The lowest BCUT2D eigenvalue weighted by atomic mass is 9.79. The average Bonchev–Trinajstić information content (AvgIpc) is 3.42. The molecule has 0 radical (unpaired) electrons. The van der Waals surface area contributed by atoms with Crippen LogP contribution in [0.5, 0.6) is 11.5 Å². The summed E-state index contributed by atoms with van der Waals surface area (Å²) < 4.78 is 11.1. The van der Waals surface area contributed by atoms with Crippen LogP contribution in [0.1, 0.15) is 55.2 Å². The third kappa shape index (κ3) is 3.40. The summed E-state index contributed by atoms with van der Waals surface area (Å²) in [6.45, 7) is 4.47. The molecule has 1 aliphatic carbocycles. The largest absolute Gasteiger partial charge is 0.508 e. The van der Waals surface area contributed by atoms with Crippen LogP contribution < -0.4 is 10.5 Å². The fourth-order valence-corrected chi connectivity index (χ4v) is 4.83. The number of hydrogen-bond acceptors (Lipinski definition) is 5. The molecule has 0 bridgehead atoms. The molecule has 6 nitrogen and oxygen atoms in total. The number of fused-ring (bicyclic) bond motifs is 1. The van der Waals surface area contributed by atoms with Gasteiger partial charge in [-0.15, -0.1) is 0 Å². The van der Waals surface area contributed by atoms with Crippen LogP contribution in [0.15, 0.2) is 42.5 Å². The summed E-state index contributed by atoms with van der Waals surface area (Å²) in [5.41, 5.74) is 7.45. The Morgan fingerprint density at radius 1 is 1.27 bits per heavy atom. The maximum absolute atomic E-state index is 12.9. The van der Waals surface area contributed by atoms with E-state index >= 15 is 0 Å². The van der Waals surface area contributed by atoms with Gasteiger partial charge in [0.25, 0.3) is 0 Å². The molecule has 1 heterocycles. The molecular formula is C24H27NO5. The molecule has 0 saturated heterocycles. The van der Waals surface area contributed by atoms with Crippen molar-refractivity contribution in [3.05, 3.63) is 59.2 Å². The van der Waals surface area contributed by atoms with Crippen molar-refractivity contribution in [3.63, 3.8) is 0 Å². The number of phenols is 1. The number of ether oxygens (including phenoxy) is 2. The van der Waals surface area contributed by atoms with Gasteiger partial charge in [-0.3, -0.25) is 9.59 Å². The summed E-state index contributed by atoms with van der Waals surface area (Å²) in [5, 5.41) is 10.7. The predicted octanol–water partition coefficient (Wildman–Crippen LogP) is 3.46. The molecule has 2 aromatic rings. The van der Waals surface area contributed by atoms with E-state index in [-0.39, 0.29) is 30.2 Å². The molecule has 1 fully saturated rings. The number of carbonyl (C=O) groups is 2. The molecular weight excluding hydrogens is 382 g/mol. The highest BCUT2D eigenvalue weighted by molar-refractivity contribution is 5.86. The van der Waals surface area contributed by atoms with Crippen LogP contribution in [0, 0.1) is 11.3 Å². The summed E-state index contributed by atoms with van der Waals surface area (Å²) in [4.78, 5) is 24.7. The van der Waals surface area contributed by atoms with Gasteiger partial charge >= 0.3 is 5.97 Å². The van der Waals surface area contributed by atoms with E-state index in [1.807, 2.05) is 37.3 Å². The first kappa shape index (κ1) is 20.3. The van der Waals surface area contributed by atoms with E-state index in [1.54, 1.807) is 19.1 Å². The van der Waals surface area contributed by atoms with E-state index in [0.29, 0.717) is 13.0 Å². The molecule has 0 spiro atoms. The lowest BCUT2D eigenvalue weighted by Gasteiger charge is -2.28. The highest BCUT2D eigenvalue weighted by Crippen LogP contribution is 2.61. The topological polar surface area (TPSA) is 98.8 Å². The number of para-hydroxylation sites is 1. The smallest absolute Gasteiger partial charge is 0.313 e. The van der Waals surface area contributed by atoms with Gasteiger partial charge in [-0.1, -0.05) is 37.3 Å². The molecule has 1 saturated carbocycles. The minimum Gasteiger partial charge on any atom is -0.508 e. The Hall–Kier alpha value is -3.02. The van der Waals surface area contributed by atoms with Gasteiger partial charge in [0.1, 0.15) is 11.5 Å². The standard InChI is InChI=1S/C24H27NO5/c1-3-29-23(28)21(24(2)13-18(24)22(25)27)14-8-9-19(26)17(12-14)15-10-11-30-20-7-5-4-6-16(15)20/h4-9,12,15,18,21,26H,3,10-11,13H2,1-2H3,(H2,25,27). The van der Waals surface area contributed by atoms with Crippen molar-refractivity contribution in [2.45, 2.75) is 38.5 Å². The highest BCUT2D eigenvalue weighted by Gasteiger charge is 2.61. The zero-order valence-corrected chi connectivity index (χ0v) is 17.3. The van der Waals surface area contributed by atoms with E-state index in [4.69, 9.17) is 15.2 Å². The molecule has 30 heavy (non-hydrogen) atoms. The van der Waals surface area contributed by atoms with Crippen molar-refractivity contribution in [2.24, 2.45) is 17.1 Å². The van der Waals surface area contributed by atoms with Crippen LogP contribution in [0.2, 0.25) is 0 Å². The van der Waals surface area contributed by atoms with Gasteiger partial charge in [0.2, 0.25) is 5.91 Å². The van der Waals surface area contributed by atoms with Crippen LogP contribution in [0.25, 0.3) is 0 Å². The number of carbonyl (C=O) groups excluding carboxylic acids is 2. The molecule has 4 rings (SSSR count). The summed E-state index contributed by atoms with van der Waals surface area (Å²) in [5.74, 6) is -0.815. The van der Waals surface area contributed by atoms with E-state index in [0.717, 1.165) is 28.9 Å². The van der Waals surface area contributed by atoms with Crippen LogP contribution in [-0.2, 0) is 14.3 Å². The van der Waals surface area contributed by atoms with Crippen molar-refractivity contribution in [2.75, 3.05) is 13.2 Å². The van der Waals surface area contributed by atoms with E-state index < -0.39 is 17.2 Å². The third-order valence-electron chi connectivity index (χ3n) is 6.52. The van der Waals surface area contributed by atoms with E-state index in [1.165, 1.54) is 0 Å². The van der Waals surface area contributed by atoms with E-state index in [9.17, 15) is 14.7 Å². The van der Waals surface area contributed by atoms with Gasteiger partial charge in [-0.05, 0) is 42.9 Å². The van der Waals surface area contributed by atoms with Gasteiger partial charge in [-0.2, -0.15) is 0 Å². The Kier molecular flexibility index (Phi) is 5.18. The predicted molar refractivity (Wildman–Crippen MR) is 111 cm³/mol. The third-order valence-corrected chi connectivity index (χ3v) is 6.52. The van der Waals surface area contributed by atoms with Gasteiger partial charge in [0.15, 0.2) is 0 Å². The van der Waals surface area contributed by atoms with Crippen LogP contribution in [-0.4, -0.2) is 30.2 Å². The second-order valence-corrected chi connectivity index (χ2v) is 8.40. The number of esters is 1. The van der Waals surface area contributed by atoms with Crippen LogP contribution in [0.4, 0.5) is 0 Å². The van der Waals surface area contributed by atoms with Crippen molar-refractivity contribution >= 4 is 11.9 Å². The van der Waals surface area contributed by atoms with Gasteiger partial charge < -0.3 is 20.3 Å². The van der Waals surface area contributed by atoms with Crippen molar-refractivity contribution in [3.8, 4) is 11.5 Å². The monoisotopic (exact) mass is 409 g/mol. The molecule has 3 N–H and O–H groups in total. The highest BCUT2D eigenvalue weighted by atomic mass is 16.5. The molecule has 2 aliphatic rings. The molecule has 158 valence electrons. The fraction of sp³-hybridized carbons (Fsp3) is 0.417. The van der Waals surface area contributed by atoms with Gasteiger partial charge in [0.05, 0.1) is 19.1 Å². The van der Waals surface area contributed by atoms with Gasteiger partial charge in [0, 0.05) is 23.0 Å². The molecule has 1 aliphatic heterocycles. The summed E-state index contributed by atoms with van der Waals surface area (Å²) in [6, 6.07) is 13.0. The first-order valence-electron chi connectivity index (χ1n) is 10.4. The number of primary amides is 1. The second kappa shape index (κ2) is 7.67. The SMILES string of the molecule is CCOC(=O)C(c1ccc(O)c(C2CCOc3ccccc32)c1)C1(C)CC1C(N)=O. The van der Waals surface area contributed by atoms with Gasteiger partial charge in [-0.25, -0.2) is 0 Å². The molecule has 0 aromatic heterocycles. The average molecular weight is 409 g/mol. The molecule has 2 aromatic carbocycles. The maximum Gasteiger partial charge on any atom is 0.313 e. The fourth-order valence-electron chi connectivity index (χ4n) is 4.83. The number of rotatable bonds is 6. The number of aromatic hydroxyl groups is 1. The Bertz CT molecular complexity index is 987. The Morgan fingerprint density at radius 2 is 2.03 bits per heavy atom. The number of phenolic OH excluding ortho intramolecular Hbond substituents is 1. The number of benzene rings is 2. The Balaban J connectivity index is 1.76. The zero-order chi connectivity index (χ0) is 21.5. The number of nitrogens with two attached hydrogens (primary N) is 1. The lowest BCUT2D eigenvalue weighted by molar-refractivity contribution is -0.146. The minimum atomic E-state index is -0.621. The molecule has 1 amide bonds. The minimum absolute atomic E-state index is 0.0447. The second-order valence-electron chi connectivity index (χ2n) is 8.40. The van der Waals surface area contributed by atoms with E-state index in [2.05, 4.69) is 0 Å². The summed E-state index contributed by atoms with van der Waals surface area (Å²) >= 11 is 0. The summed E-state index contributed by atoms with van der Waals surface area (Å²) in [6.07, 6.45) is 1.27. The van der Waals surface area contributed by atoms with Crippen LogP contribution >= 0.6 is 0 Å². The normalized spacial score (nSPS) is 25.5. The Morgan fingerprint density at radius 3 is 2.73 bits per heavy atom. The molecule has 6 heteroatoms. The summed E-state index contributed by atoms with van der Waals surface area (Å²) in [7, 11) is 0. The van der Waals surface area contributed by atoms with Crippen molar-refractivity contribution in [1.82, 2.24) is 0 Å². The first-order valence-corrected chi connectivity index (χ1v) is 10.4. The molecule has 4 atom stereocenters. The number of amides is 1. The maximum atomic E-state index is 12.9.